The van der Waals surface area contributed by atoms with Crippen LogP contribution in [0.1, 0.15) is 15.2 Å². The van der Waals surface area contributed by atoms with Crippen molar-refractivity contribution in [1.82, 2.24) is 4.90 Å². The number of thiophene rings is 1. The number of carbonyl (C=O) groups is 3. The lowest BCUT2D eigenvalue weighted by molar-refractivity contribution is -0.131. The SMILES string of the molecule is Cc1c(C(=O)OCC(=O)N2CCOC2=O)sc2cccc(F)c12. The van der Waals surface area contributed by atoms with Crippen molar-refractivity contribution < 1.29 is 28.2 Å². The molecule has 2 aromatic rings. The summed E-state index contributed by atoms with van der Waals surface area (Å²) in [6.45, 7) is 1.33. The summed E-state index contributed by atoms with van der Waals surface area (Å²) in [7, 11) is 0. The first-order valence-corrected chi connectivity index (χ1v) is 7.62. The zero-order valence-electron chi connectivity index (χ0n) is 12.1. The fourth-order valence-electron chi connectivity index (χ4n) is 2.34. The predicted molar refractivity (Wildman–Crippen MR) is 79.9 cm³/mol. The monoisotopic (exact) mass is 337 g/mol. The Morgan fingerprint density at radius 2 is 2.22 bits per heavy atom. The number of fused-ring (bicyclic) bond motifs is 1. The number of carbonyl (C=O) groups excluding carboxylic acids is 3. The molecule has 3 rings (SSSR count). The molecule has 0 spiro atoms. The lowest BCUT2D eigenvalue weighted by Crippen LogP contribution is -2.35. The van der Waals surface area contributed by atoms with Gasteiger partial charge in [0.1, 0.15) is 17.3 Å². The van der Waals surface area contributed by atoms with Crippen LogP contribution in [0.15, 0.2) is 18.2 Å². The smallest absolute Gasteiger partial charge is 0.416 e. The molecule has 0 saturated carbocycles. The summed E-state index contributed by atoms with van der Waals surface area (Å²) < 4.78 is 24.0. The van der Waals surface area contributed by atoms with Gasteiger partial charge in [0.2, 0.25) is 0 Å². The number of nitrogens with zero attached hydrogens (tertiary/aromatic N) is 1. The van der Waals surface area contributed by atoms with Crippen molar-refractivity contribution in [2.24, 2.45) is 0 Å². The number of hydrogen-bond acceptors (Lipinski definition) is 6. The van der Waals surface area contributed by atoms with E-state index in [0.29, 0.717) is 15.6 Å². The van der Waals surface area contributed by atoms with Crippen LogP contribution in [-0.2, 0) is 14.3 Å². The number of amides is 2. The van der Waals surface area contributed by atoms with Crippen molar-refractivity contribution in [1.29, 1.82) is 0 Å². The third-order valence-corrected chi connectivity index (χ3v) is 4.71. The van der Waals surface area contributed by atoms with Gasteiger partial charge in [-0.2, -0.15) is 0 Å². The average Bonchev–Trinajstić information content (AvgIpc) is 3.09. The molecule has 2 heterocycles. The molecule has 8 heteroatoms. The molecule has 1 saturated heterocycles. The van der Waals surface area contributed by atoms with E-state index >= 15 is 0 Å². The lowest BCUT2D eigenvalue weighted by Gasteiger charge is -2.10. The zero-order chi connectivity index (χ0) is 16.6. The summed E-state index contributed by atoms with van der Waals surface area (Å²) >= 11 is 1.10. The molecular formula is C15H12FNO5S. The molecule has 1 aliphatic heterocycles. The molecular weight excluding hydrogens is 325 g/mol. The summed E-state index contributed by atoms with van der Waals surface area (Å²) in [4.78, 5) is 36.3. The molecule has 1 fully saturated rings. The molecule has 0 N–H and O–H groups in total. The topological polar surface area (TPSA) is 72.9 Å². The molecule has 0 unspecified atom stereocenters. The molecule has 0 bridgehead atoms. The van der Waals surface area contributed by atoms with E-state index in [2.05, 4.69) is 4.74 Å². The summed E-state index contributed by atoms with van der Waals surface area (Å²) in [6.07, 6.45) is -0.744. The molecule has 0 aliphatic carbocycles. The number of cyclic esters (lactones) is 1. The van der Waals surface area contributed by atoms with Gasteiger partial charge in [-0.1, -0.05) is 6.07 Å². The number of imide groups is 1. The summed E-state index contributed by atoms with van der Waals surface area (Å²) in [6, 6.07) is 4.59. The quantitative estimate of drug-likeness (QED) is 0.805. The van der Waals surface area contributed by atoms with Gasteiger partial charge in [0.15, 0.2) is 6.61 Å². The highest BCUT2D eigenvalue weighted by Gasteiger charge is 2.29. The Morgan fingerprint density at radius 1 is 1.43 bits per heavy atom. The number of benzene rings is 1. The minimum Gasteiger partial charge on any atom is -0.451 e. The van der Waals surface area contributed by atoms with Crippen LogP contribution in [0.2, 0.25) is 0 Å². The molecule has 0 atom stereocenters. The molecule has 0 radical (unpaired) electrons. The first kappa shape index (κ1) is 15.4. The van der Waals surface area contributed by atoms with Gasteiger partial charge in [0, 0.05) is 10.1 Å². The number of esters is 1. The van der Waals surface area contributed by atoms with E-state index in [4.69, 9.17) is 4.74 Å². The zero-order valence-corrected chi connectivity index (χ0v) is 12.9. The summed E-state index contributed by atoms with van der Waals surface area (Å²) in [5, 5.41) is 0.374. The van der Waals surface area contributed by atoms with E-state index in [1.807, 2.05) is 0 Å². The van der Waals surface area contributed by atoms with Gasteiger partial charge in [0.25, 0.3) is 5.91 Å². The Hall–Kier alpha value is -2.48. The molecule has 2 amide bonds. The van der Waals surface area contributed by atoms with E-state index in [9.17, 15) is 18.8 Å². The van der Waals surface area contributed by atoms with Crippen molar-refractivity contribution in [2.75, 3.05) is 19.8 Å². The van der Waals surface area contributed by atoms with E-state index < -0.39 is 30.4 Å². The van der Waals surface area contributed by atoms with Crippen LogP contribution in [0.3, 0.4) is 0 Å². The van der Waals surface area contributed by atoms with Crippen LogP contribution < -0.4 is 0 Å². The largest absolute Gasteiger partial charge is 0.451 e. The van der Waals surface area contributed by atoms with Gasteiger partial charge in [-0.05, 0) is 24.6 Å². The maximum atomic E-state index is 13.8. The molecule has 1 aliphatic rings. The fraction of sp³-hybridized carbons (Fsp3) is 0.267. The van der Waals surface area contributed by atoms with Gasteiger partial charge in [0.05, 0.1) is 6.54 Å². The fourth-order valence-corrected chi connectivity index (χ4v) is 3.46. The number of aryl methyl sites for hydroxylation is 1. The second kappa shape index (κ2) is 5.96. The Bertz CT molecular complexity index is 816. The summed E-state index contributed by atoms with van der Waals surface area (Å²) in [5.74, 6) is -1.78. The first-order chi connectivity index (χ1) is 11.0. The van der Waals surface area contributed by atoms with E-state index in [1.165, 1.54) is 6.07 Å². The standard InChI is InChI=1S/C15H12FNO5S/c1-8-12-9(16)3-2-4-10(12)23-13(8)14(19)22-7-11(18)17-5-6-21-15(17)20/h2-4H,5-7H2,1H3. The summed E-state index contributed by atoms with van der Waals surface area (Å²) in [5.41, 5.74) is 0.473. The van der Waals surface area contributed by atoms with Gasteiger partial charge in [-0.15, -0.1) is 11.3 Å². The second-order valence-corrected chi connectivity index (χ2v) is 5.96. The van der Waals surface area contributed by atoms with Crippen molar-refractivity contribution in [3.63, 3.8) is 0 Å². The highest BCUT2D eigenvalue weighted by molar-refractivity contribution is 7.21. The first-order valence-electron chi connectivity index (χ1n) is 6.81. The third kappa shape index (κ3) is 2.77. The van der Waals surface area contributed by atoms with Crippen molar-refractivity contribution in [3.8, 4) is 0 Å². The predicted octanol–water partition coefficient (Wildman–Crippen LogP) is 2.48. The Labute approximate surface area is 134 Å². The van der Waals surface area contributed by atoms with Gasteiger partial charge >= 0.3 is 12.1 Å². The minimum absolute atomic E-state index is 0.132. The Morgan fingerprint density at radius 3 is 2.87 bits per heavy atom. The Kier molecular flexibility index (Phi) is 3.99. The van der Waals surface area contributed by atoms with Crippen LogP contribution in [0.5, 0.6) is 0 Å². The molecule has 23 heavy (non-hydrogen) atoms. The molecule has 120 valence electrons. The van der Waals surface area contributed by atoms with Gasteiger partial charge < -0.3 is 9.47 Å². The normalized spacial score (nSPS) is 14.2. The van der Waals surface area contributed by atoms with Crippen molar-refractivity contribution in [2.45, 2.75) is 6.92 Å². The number of hydrogen-bond donors (Lipinski definition) is 0. The maximum absolute atomic E-state index is 13.8. The second-order valence-electron chi connectivity index (χ2n) is 4.91. The van der Waals surface area contributed by atoms with Gasteiger partial charge in [-0.3, -0.25) is 4.79 Å². The number of rotatable bonds is 3. The van der Waals surface area contributed by atoms with E-state index in [1.54, 1.807) is 19.1 Å². The lowest BCUT2D eigenvalue weighted by atomic mass is 10.1. The Balaban J connectivity index is 1.74. The van der Waals surface area contributed by atoms with Crippen LogP contribution in [0.4, 0.5) is 9.18 Å². The highest BCUT2D eigenvalue weighted by atomic mass is 32.1. The third-order valence-electron chi connectivity index (χ3n) is 3.48. The van der Waals surface area contributed by atoms with Crippen LogP contribution in [0.25, 0.3) is 10.1 Å². The highest BCUT2D eigenvalue weighted by Crippen LogP contribution is 2.32. The van der Waals surface area contributed by atoms with Crippen LogP contribution in [0, 0.1) is 12.7 Å². The number of halogens is 1. The van der Waals surface area contributed by atoms with Crippen molar-refractivity contribution >= 4 is 39.4 Å². The van der Waals surface area contributed by atoms with Crippen LogP contribution in [-0.4, -0.2) is 42.6 Å². The molecule has 6 nitrogen and oxygen atoms in total. The van der Waals surface area contributed by atoms with E-state index in [-0.39, 0.29) is 18.0 Å². The van der Waals surface area contributed by atoms with E-state index in [0.717, 1.165) is 16.2 Å². The average molecular weight is 337 g/mol. The minimum atomic E-state index is -0.744. The van der Waals surface area contributed by atoms with Gasteiger partial charge in [-0.25, -0.2) is 18.9 Å². The van der Waals surface area contributed by atoms with Crippen molar-refractivity contribution in [3.05, 3.63) is 34.5 Å². The van der Waals surface area contributed by atoms with Crippen LogP contribution >= 0.6 is 11.3 Å². The molecule has 1 aromatic carbocycles. The maximum Gasteiger partial charge on any atom is 0.416 e. The molecule has 1 aromatic heterocycles. The number of ether oxygens (including phenoxy) is 2.